The van der Waals surface area contributed by atoms with E-state index in [0.29, 0.717) is 6.54 Å². The minimum atomic E-state index is -0.456. The molecule has 2 aromatic carbocycles. The zero-order chi connectivity index (χ0) is 14.8. The fourth-order valence-corrected chi connectivity index (χ4v) is 2.55. The smallest absolute Gasteiger partial charge is 0.134 e. The van der Waals surface area contributed by atoms with Crippen molar-refractivity contribution in [2.75, 3.05) is 6.54 Å². The molecule has 0 aliphatic carbocycles. The molecular weight excluding hydrogens is 272 g/mol. The summed E-state index contributed by atoms with van der Waals surface area (Å²) in [5, 5.41) is 4.09. The van der Waals surface area contributed by atoms with Crippen molar-refractivity contribution >= 4 is 11.0 Å². The van der Waals surface area contributed by atoms with Gasteiger partial charge in [-0.15, -0.1) is 0 Å². The highest BCUT2D eigenvalue weighted by molar-refractivity contribution is 5.81. The van der Waals surface area contributed by atoms with Crippen molar-refractivity contribution in [2.24, 2.45) is 0 Å². The Hall–Kier alpha value is -2.20. The van der Waals surface area contributed by atoms with Crippen LogP contribution in [0.15, 0.2) is 53.1 Å². The number of hydrogen-bond acceptors (Lipinski definition) is 2. The Morgan fingerprint density at radius 1 is 1.10 bits per heavy atom. The van der Waals surface area contributed by atoms with Gasteiger partial charge in [0, 0.05) is 16.5 Å². The Bertz CT molecular complexity index is 766. The lowest BCUT2D eigenvalue weighted by Crippen LogP contribution is -2.23. The van der Waals surface area contributed by atoms with Crippen LogP contribution in [0.1, 0.15) is 24.1 Å². The molecule has 0 bridgehead atoms. The van der Waals surface area contributed by atoms with Crippen molar-refractivity contribution in [3.8, 4) is 0 Å². The van der Waals surface area contributed by atoms with Crippen LogP contribution in [-0.2, 0) is 0 Å². The van der Waals surface area contributed by atoms with Crippen molar-refractivity contribution in [3.63, 3.8) is 0 Å². The number of hydrogen-bond donors (Lipinski definition) is 1. The molecule has 0 radical (unpaired) electrons. The number of halogens is 2. The monoisotopic (exact) mass is 287 g/mol. The molecule has 0 saturated carbocycles. The number of para-hydroxylation sites is 1. The lowest BCUT2D eigenvalue weighted by molar-refractivity contribution is 0.538. The van der Waals surface area contributed by atoms with Crippen LogP contribution in [0.3, 0.4) is 0 Å². The van der Waals surface area contributed by atoms with Crippen LogP contribution < -0.4 is 5.32 Å². The van der Waals surface area contributed by atoms with Crippen molar-refractivity contribution < 1.29 is 13.2 Å². The van der Waals surface area contributed by atoms with Crippen LogP contribution in [-0.4, -0.2) is 6.54 Å². The minimum Gasteiger partial charge on any atom is -0.464 e. The van der Waals surface area contributed by atoms with Gasteiger partial charge < -0.3 is 9.73 Å². The Balaban J connectivity index is 2.15. The van der Waals surface area contributed by atoms with Gasteiger partial charge in [0.15, 0.2) is 0 Å². The molecule has 1 unspecified atom stereocenters. The van der Waals surface area contributed by atoms with Gasteiger partial charge in [-0.25, -0.2) is 8.78 Å². The predicted octanol–water partition coefficient (Wildman–Crippen LogP) is 4.41. The van der Waals surface area contributed by atoms with Crippen molar-refractivity contribution in [2.45, 2.75) is 13.0 Å². The van der Waals surface area contributed by atoms with Crippen molar-refractivity contribution in [1.82, 2.24) is 5.32 Å². The highest BCUT2D eigenvalue weighted by Crippen LogP contribution is 2.32. The van der Waals surface area contributed by atoms with E-state index in [1.54, 1.807) is 6.26 Å². The fraction of sp³-hybridized carbons (Fsp3) is 0.176. The topological polar surface area (TPSA) is 25.2 Å². The average molecular weight is 287 g/mol. The number of fused-ring (bicyclic) bond motifs is 1. The maximum atomic E-state index is 14.1. The van der Waals surface area contributed by atoms with E-state index < -0.39 is 17.7 Å². The summed E-state index contributed by atoms with van der Waals surface area (Å²) in [4.78, 5) is 0. The first-order chi connectivity index (χ1) is 10.2. The van der Waals surface area contributed by atoms with Gasteiger partial charge in [0.1, 0.15) is 17.2 Å². The first kappa shape index (κ1) is 13.8. The Labute approximate surface area is 121 Å². The molecule has 0 aliphatic heterocycles. The van der Waals surface area contributed by atoms with Crippen LogP contribution in [0, 0.1) is 11.6 Å². The van der Waals surface area contributed by atoms with E-state index in [4.69, 9.17) is 4.42 Å². The highest BCUT2D eigenvalue weighted by Gasteiger charge is 2.21. The quantitative estimate of drug-likeness (QED) is 0.769. The lowest BCUT2D eigenvalue weighted by atomic mass is 9.97. The number of rotatable bonds is 4. The van der Waals surface area contributed by atoms with E-state index in [1.807, 2.05) is 31.2 Å². The van der Waals surface area contributed by atoms with Crippen LogP contribution in [0.25, 0.3) is 11.0 Å². The largest absolute Gasteiger partial charge is 0.464 e. The molecule has 3 rings (SSSR count). The normalized spacial score (nSPS) is 12.7. The fourth-order valence-electron chi connectivity index (χ4n) is 2.55. The second-order valence-corrected chi connectivity index (χ2v) is 4.84. The Kier molecular flexibility index (Phi) is 3.71. The number of furan rings is 1. The van der Waals surface area contributed by atoms with Gasteiger partial charge in [-0.3, -0.25) is 0 Å². The third-order valence-electron chi connectivity index (χ3n) is 3.50. The van der Waals surface area contributed by atoms with Gasteiger partial charge in [0.05, 0.1) is 12.3 Å². The SMILES string of the molecule is CCNC(c1cc(F)ccc1F)c1coc2ccccc12. The molecule has 2 nitrogen and oxygen atoms in total. The van der Waals surface area contributed by atoms with Gasteiger partial charge in [0.2, 0.25) is 0 Å². The second-order valence-electron chi connectivity index (χ2n) is 4.84. The Morgan fingerprint density at radius 2 is 1.90 bits per heavy atom. The molecule has 1 heterocycles. The van der Waals surface area contributed by atoms with Crippen molar-refractivity contribution in [3.05, 3.63) is 71.5 Å². The first-order valence-corrected chi connectivity index (χ1v) is 6.85. The molecule has 0 spiro atoms. The first-order valence-electron chi connectivity index (χ1n) is 6.85. The molecule has 0 fully saturated rings. The number of nitrogens with one attached hydrogen (secondary N) is 1. The van der Waals surface area contributed by atoms with Crippen LogP contribution in [0.4, 0.5) is 8.78 Å². The molecule has 108 valence electrons. The van der Waals surface area contributed by atoms with E-state index in [-0.39, 0.29) is 5.56 Å². The van der Waals surface area contributed by atoms with Gasteiger partial charge >= 0.3 is 0 Å². The van der Waals surface area contributed by atoms with Gasteiger partial charge in [0.25, 0.3) is 0 Å². The molecular formula is C17H15F2NO. The van der Waals surface area contributed by atoms with Crippen LogP contribution in [0.5, 0.6) is 0 Å². The molecule has 0 saturated heterocycles. The summed E-state index contributed by atoms with van der Waals surface area (Å²) in [5.74, 6) is -0.894. The zero-order valence-corrected chi connectivity index (χ0v) is 11.6. The van der Waals surface area contributed by atoms with Gasteiger partial charge in [-0.05, 0) is 30.8 Å². The molecule has 1 atom stereocenters. The summed E-state index contributed by atoms with van der Waals surface area (Å²) >= 11 is 0. The van der Waals surface area contributed by atoms with Crippen molar-refractivity contribution in [1.29, 1.82) is 0 Å². The van der Waals surface area contributed by atoms with E-state index in [9.17, 15) is 8.78 Å². The minimum absolute atomic E-state index is 0.281. The van der Waals surface area contributed by atoms with E-state index in [1.165, 1.54) is 6.07 Å². The third kappa shape index (κ3) is 2.54. The maximum absolute atomic E-state index is 14.1. The predicted molar refractivity (Wildman–Crippen MR) is 78.1 cm³/mol. The molecule has 0 amide bonds. The average Bonchev–Trinajstić information content (AvgIpc) is 2.91. The van der Waals surface area contributed by atoms with E-state index >= 15 is 0 Å². The molecule has 0 aliphatic rings. The third-order valence-corrected chi connectivity index (χ3v) is 3.50. The van der Waals surface area contributed by atoms with Gasteiger partial charge in [-0.2, -0.15) is 0 Å². The molecule has 3 aromatic rings. The van der Waals surface area contributed by atoms with Gasteiger partial charge in [-0.1, -0.05) is 25.1 Å². The molecule has 1 aromatic heterocycles. The van der Waals surface area contributed by atoms with E-state index in [2.05, 4.69) is 5.32 Å². The summed E-state index contributed by atoms with van der Waals surface area (Å²) in [5.41, 5.74) is 1.81. The highest BCUT2D eigenvalue weighted by atomic mass is 19.1. The summed E-state index contributed by atoms with van der Waals surface area (Å²) in [6.07, 6.45) is 1.60. The standard InChI is InChI=1S/C17H15F2NO/c1-2-20-17(13-9-11(18)7-8-15(13)19)14-10-21-16-6-4-3-5-12(14)16/h3-10,17,20H,2H2,1H3. The molecule has 21 heavy (non-hydrogen) atoms. The van der Waals surface area contributed by atoms with Crippen LogP contribution >= 0.6 is 0 Å². The summed E-state index contributed by atoms with van der Waals surface area (Å²) in [6.45, 7) is 2.55. The second kappa shape index (κ2) is 5.66. The zero-order valence-electron chi connectivity index (χ0n) is 11.6. The Morgan fingerprint density at radius 3 is 2.71 bits per heavy atom. The molecule has 1 N–H and O–H groups in total. The van der Waals surface area contributed by atoms with Crippen LogP contribution in [0.2, 0.25) is 0 Å². The summed E-state index contributed by atoms with van der Waals surface area (Å²) in [7, 11) is 0. The maximum Gasteiger partial charge on any atom is 0.134 e. The van der Waals surface area contributed by atoms with E-state index in [0.717, 1.165) is 28.7 Å². The number of benzene rings is 2. The molecule has 4 heteroatoms. The summed E-state index contributed by atoms with van der Waals surface area (Å²) in [6, 6.07) is 10.6. The lowest BCUT2D eigenvalue weighted by Gasteiger charge is -2.18. The summed E-state index contributed by atoms with van der Waals surface area (Å²) < 4.78 is 33.1.